The number of rotatable bonds is 4. The lowest BCUT2D eigenvalue weighted by molar-refractivity contribution is 1.13. The van der Waals surface area contributed by atoms with E-state index >= 15 is 0 Å². The molecule has 6 aliphatic rings. The molecule has 79 heavy (non-hydrogen) atoms. The van der Waals surface area contributed by atoms with Gasteiger partial charge in [0.2, 0.25) is 13.4 Å². The second-order valence-electron chi connectivity index (χ2n) is 21.8. The van der Waals surface area contributed by atoms with E-state index in [1.165, 1.54) is 82.6 Å². The number of fused-ring (bicyclic) bond motifs is 8. The fourth-order valence-electron chi connectivity index (χ4n) is 15.1. The Kier molecular flexibility index (Phi) is 8.15. The lowest BCUT2D eigenvalue weighted by atomic mass is 9.25. The number of hydrogen-bond acceptors (Lipinski definition) is 4. The highest BCUT2D eigenvalue weighted by Crippen LogP contribution is 2.38. The summed E-state index contributed by atoms with van der Waals surface area (Å²) < 4.78 is 5.39. The van der Waals surface area contributed by atoms with Crippen molar-refractivity contribution in [3.8, 4) is 11.4 Å². The Balaban J connectivity index is 1.05. The summed E-state index contributed by atoms with van der Waals surface area (Å²) in [7, 11) is 0. The minimum absolute atomic E-state index is 0.113. The summed E-state index contributed by atoms with van der Waals surface area (Å²) >= 11 is 0. The first-order chi connectivity index (χ1) is 39.2. The summed E-state index contributed by atoms with van der Waals surface area (Å²) in [6.45, 7) is -0.346. The van der Waals surface area contributed by atoms with E-state index in [0.29, 0.717) is 0 Å². The van der Waals surface area contributed by atoms with Gasteiger partial charge in [0.1, 0.15) is 0 Å². The third-order valence-electron chi connectivity index (χ3n) is 18.0. The van der Waals surface area contributed by atoms with Gasteiger partial charge in [-0.05, 0) is 109 Å². The van der Waals surface area contributed by atoms with Gasteiger partial charge in [-0.3, -0.25) is 0 Å². The molecular weight excluding hydrogens is 957 g/mol. The quantitative estimate of drug-likeness (QED) is 0.127. The third-order valence-corrected chi connectivity index (χ3v) is 18.0. The largest absolute Gasteiger partial charge is 0.311 e. The smallest absolute Gasteiger partial charge is 0.252 e. The number of para-hydroxylation sites is 6. The zero-order valence-electron chi connectivity index (χ0n) is 42.4. The summed E-state index contributed by atoms with van der Waals surface area (Å²) in [6, 6.07) is 86.2. The van der Waals surface area contributed by atoms with Gasteiger partial charge in [0.05, 0.1) is 67.0 Å². The second-order valence-corrected chi connectivity index (χ2v) is 21.8. The van der Waals surface area contributed by atoms with Crippen LogP contribution >= 0.6 is 0 Å². The van der Waals surface area contributed by atoms with Gasteiger partial charge in [-0.25, -0.2) is 20.0 Å². The van der Waals surface area contributed by atoms with E-state index in [0.717, 1.165) is 88.7 Å². The monoisotopic (exact) mass is 996 g/mol. The molecule has 0 bridgehead atoms. The third kappa shape index (κ3) is 5.39. The van der Waals surface area contributed by atoms with Crippen molar-refractivity contribution in [1.29, 1.82) is 0 Å². The first-order valence-corrected chi connectivity index (χ1v) is 27.4. The Morgan fingerprint density at radius 1 is 0.253 bits per heavy atom. The fraction of sp³-hybridized carbons (Fsp3) is 0. The van der Waals surface area contributed by atoms with Crippen LogP contribution in [-0.4, -0.2) is 40.7 Å². The maximum Gasteiger partial charge on any atom is 0.252 e. The minimum atomic E-state index is -0.117. The van der Waals surface area contributed by atoms with Gasteiger partial charge in [0, 0.05) is 32.9 Å². The highest BCUT2D eigenvalue weighted by atomic mass is 15.0. The molecule has 6 nitrogen and oxygen atoms in total. The average Bonchev–Trinajstić information content (AvgIpc) is 2.28. The van der Waals surface area contributed by atoms with Gasteiger partial charge in [-0.1, -0.05) is 199 Å². The SMILES string of the molecule is c1ccc(N=C2c3ccccc3B3c4cc5c6c7c4-n4c8c(cccc8c(=Nc8ccccc8)c8ccc2c3c84)B7c2cccc3c(=Nc4ccccc4)c4ccc7c(c4n-6c23)B5c2ccccc2C7=Nc2ccccc2)cc1. The first kappa shape index (κ1) is 42.1. The van der Waals surface area contributed by atoms with Gasteiger partial charge < -0.3 is 9.13 Å². The Morgan fingerprint density at radius 3 is 1.04 bits per heavy atom. The molecular formula is C70H39B3N6. The molecule has 0 N–H and O–H groups in total. The van der Waals surface area contributed by atoms with E-state index < -0.39 is 0 Å². The number of benzene rings is 11. The fourth-order valence-corrected chi connectivity index (χ4v) is 15.1. The molecule has 0 saturated heterocycles. The van der Waals surface area contributed by atoms with E-state index in [-0.39, 0.29) is 20.1 Å². The van der Waals surface area contributed by atoms with Crippen LogP contribution in [0.1, 0.15) is 22.3 Å². The van der Waals surface area contributed by atoms with Crippen molar-refractivity contribution >= 4 is 147 Å². The number of aromatic nitrogens is 2. The van der Waals surface area contributed by atoms with Crippen LogP contribution in [0.25, 0.3) is 55.0 Å². The normalized spacial score (nSPS) is 15.5. The van der Waals surface area contributed by atoms with E-state index in [2.05, 4.69) is 246 Å². The average molecular weight is 997 g/mol. The van der Waals surface area contributed by atoms with Crippen molar-refractivity contribution in [3.63, 3.8) is 0 Å². The molecule has 6 aliphatic heterocycles. The molecule has 0 fully saturated rings. The Bertz CT molecular complexity index is 4880. The molecule has 0 unspecified atom stereocenters. The van der Waals surface area contributed by atoms with Crippen LogP contribution in [0.3, 0.4) is 0 Å². The van der Waals surface area contributed by atoms with Crippen LogP contribution in [0.15, 0.2) is 257 Å². The van der Waals surface area contributed by atoms with Gasteiger partial charge in [-0.2, -0.15) is 0 Å². The Morgan fingerprint density at radius 2 is 0.608 bits per heavy atom. The summed E-state index contributed by atoms with van der Waals surface area (Å²) in [5, 5.41) is 6.52. The van der Waals surface area contributed by atoms with E-state index in [9.17, 15) is 0 Å². The van der Waals surface area contributed by atoms with Crippen molar-refractivity contribution < 1.29 is 0 Å². The first-order valence-electron chi connectivity index (χ1n) is 27.4. The molecule has 358 valence electrons. The molecule has 13 aromatic rings. The second kappa shape index (κ2) is 15.3. The van der Waals surface area contributed by atoms with Gasteiger partial charge in [-0.15, -0.1) is 0 Å². The number of pyridine rings is 2. The molecule has 9 heteroatoms. The number of aliphatic imine (C=N–C) groups is 2. The van der Waals surface area contributed by atoms with Crippen LogP contribution in [0.5, 0.6) is 0 Å². The van der Waals surface area contributed by atoms with Crippen molar-refractivity contribution in [3.05, 3.63) is 270 Å². The zero-order chi connectivity index (χ0) is 51.2. The van der Waals surface area contributed by atoms with Gasteiger partial charge in [0.25, 0.3) is 6.71 Å². The van der Waals surface area contributed by atoms with E-state index in [1.54, 1.807) is 0 Å². The molecule has 8 heterocycles. The summed E-state index contributed by atoms with van der Waals surface area (Å²) in [4.78, 5) is 22.5. The Labute approximate surface area is 454 Å². The molecule has 2 aromatic heterocycles. The zero-order valence-corrected chi connectivity index (χ0v) is 42.4. The highest BCUT2D eigenvalue weighted by molar-refractivity contribution is 7.07. The van der Waals surface area contributed by atoms with Crippen LogP contribution in [0, 0.1) is 0 Å². The molecule has 0 aliphatic carbocycles. The summed E-state index contributed by atoms with van der Waals surface area (Å²) in [6.07, 6.45) is 0. The molecule has 0 atom stereocenters. The van der Waals surface area contributed by atoms with Crippen molar-refractivity contribution in [2.24, 2.45) is 20.0 Å². The minimum Gasteiger partial charge on any atom is -0.311 e. The predicted molar refractivity (Wildman–Crippen MR) is 329 cm³/mol. The Hall–Kier alpha value is -10.1. The molecule has 0 amide bonds. The van der Waals surface area contributed by atoms with Crippen molar-refractivity contribution in [2.45, 2.75) is 0 Å². The van der Waals surface area contributed by atoms with Gasteiger partial charge in [0.15, 0.2) is 0 Å². The van der Waals surface area contributed by atoms with Crippen LogP contribution in [0.4, 0.5) is 22.7 Å². The summed E-state index contributed by atoms with van der Waals surface area (Å²) in [5.74, 6) is 0. The van der Waals surface area contributed by atoms with Crippen LogP contribution in [0.2, 0.25) is 0 Å². The lowest BCUT2D eigenvalue weighted by Crippen LogP contribution is -2.72. The maximum absolute atomic E-state index is 5.67. The topological polar surface area (TPSA) is 59.3 Å². The van der Waals surface area contributed by atoms with Crippen molar-refractivity contribution in [1.82, 2.24) is 9.13 Å². The van der Waals surface area contributed by atoms with Crippen LogP contribution in [-0.2, 0) is 0 Å². The molecule has 19 rings (SSSR count). The van der Waals surface area contributed by atoms with E-state index in [4.69, 9.17) is 20.0 Å². The lowest BCUT2D eigenvalue weighted by Gasteiger charge is -2.46. The summed E-state index contributed by atoms with van der Waals surface area (Å²) in [5.41, 5.74) is 29.4. The molecule has 0 radical (unpaired) electrons. The predicted octanol–water partition coefficient (Wildman–Crippen LogP) is 8.11. The van der Waals surface area contributed by atoms with Crippen molar-refractivity contribution in [2.75, 3.05) is 0 Å². The standard InChI is InChI=1S/C70H39B3N6/c1-5-19-40(20-6-1)74-61-44-27-13-15-31-52(44)71-56-39-57-70-60-69(56)78-65-48(63(76-42-23-9-3-10-24-42)50-37-35-46(61)58(71)67(50)78)29-17-33-54(65)73(60)55-34-18-30-49-64(77-43-25-11-4-12-26-43)51-38-36-47-59(68(51)79(70)66(49)55)72(57)53-32-16-14-28-45(53)62(47)75-41-21-7-2-8-22-41/h1-39H. The molecule has 11 aromatic carbocycles. The number of nitrogens with zero attached hydrogens (tertiary/aromatic N) is 6. The molecule has 0 spiro atoms. The highest BCUT2D eigenvalue weighted by Gasteiger charge is 2.51. The van der Waals surface area contributed by atoms with Crippen LogP contribution < -0.4 is 59.9 Å². The maximum atomic E-state index is 5.67. The number of hydrogen-bond donors (Lipinski definition) is 0. The molecule has 0 saturated carbocycles. The van der Waals surface area contributed by atoms with E-state index in [1.807, 2.05) is 0 Å². The van der Waals surface area contributed by atoms with Gasteiger partial charge >= 0.3 is 0 Å².